The molecule has 21 heavy (non-hydrogen) atoms. The second-order valence-electron chi connectivity index (χ2n) is 4.99. The van der Waals surface area contributed by atoms with Crippen molar-refractivity contribution in [1.29, 1.82) is 0 Å². The summed E-state index contributed by atoms with van der Waals surface area (Å²) in [4.78, 5) is 11.8. The molecular formula is C14H15FN4OS. The highest BCUT2D eigenvalue weighted by Crippen LogP contribution is 2.39. The van der Waals surface area contributed by atoms with E-state index in [9.17, 15) is 9.18 Å². The average molecular weight is 306 g/mol. The smallest absolute Gasteiger partial charge is 0.234 e. The van der Waals surface area contributed by atoms with E-state index in [1.807, 2.05) is 11.6 Å². The average Bonchev–Trinajstić information content (AvgIpc) is 3.24. The van der Waals surface area contributed by atoms with Gasteiger partial charge in [-0.2, -0.15) is 0 Å². The van der Waals surface area contributed by atoms with Crippen molar-refractivity contribution >= 4 is 23.4 Å². The highest BCUT2D eigenvalue weighted by atomic mass is 32.2. The van der Waals surface area contributed by atoms with Gasteiger partial charge in [0.05, 0.1) is 11.4 Å². The van der Waals surface area contributed by atoms with Gasteiger partial charge >= 0.3 is 0 Å². The Kier molecular flexibility index (Phi) is 3.92. The van der Waals surface area contributed by atoms with Crippen molar-refractivity contribution in [2.75, 3.05) is 11.1 Å². The van der Waals surface area contributed by atoms with Crippen LogP contribution in [-0.4, -0.2) is 26.4 Å². The van der Waals surface area contributed by atoms with Gasteiger partial charge in [-0.15, -0.1) is 10.2 Å². The number of aromatic nitrogens is 3. The van der Waals surface area contributed by atoms with Crippen molar-refractivity contribution in [1.82, 2.24) is 14.8 Å². The number of para-hydroxylation sites is 1. The molecule has 7 heteroatoms. The number of thioether (sulfide) groups is 1. The minimum Gasteiger partial charge on any atom is -0.323 e. The monoisotopic (exact) mass is 306 g/mol. The predicted molar refractivity (Wildman–Crippen MR) is 78.7 cm³/mol. The topological polar surface area (TPSA) is 59.8 Å². The maximum absolute atomic E-state index is 13.4. The summed E-state index contributed by atoms with van der Waals surface area (Å²) >= 11 is 1.30. The summed E-state index contributed by atoms with van der Waals surface area (Å²) in [7, 11) is 1.91. The van der Waals surface area contributed by atoms with Gasteiger partial charge in [0, 0.05) is 13.0 Å². The largest absolute Gasteiger partial charge is 0.323 e. The van der Waals surface area contributed by atoms with Crippen molar-refractivity contribution in [2.24, 2.45) is 7.05 Å². The Balaban J connectivity index is 1.57. The van der Waals surface area contributed by atoms with Crippen LogP contribution in [0.2, 0.25) is 0 Å². The van der Waals surface area contributed by atoms with E-state index >= 15 is 0 Å². The van der Waals surface area contributed by atoms with Gasteiger partial charge in [-0.1, -0.05) is 23.9 Å². The van der Waals surface area contributed by atoms with Crippen LogP contribution in [0, 0.1) is 5.82 Å². The van der Waals surface area contributed by atoms with Crippen molar-refractivity contribution < 1.29 is 9.18 Å². The summed E-state index contributed by atoms with van der Waals surface area (Å²) in [6.07, 6.45) is 2.31. The lowest BCUT2D eigenvalue weighted by atomic mass is 10.3. The maximum atomic E-state index is 13.4. The predicted octanol–water partition coefficient (Wildman–Crippen LogP) is 2.56. The normalized spacial score (nSPS) is 14.2. The maximum Gasteiger partial charge on any atom is 0.234 e. The van der Waals surface area contributed by atoms with Gasteiger partial charge in [0.15, 0.2) is 5.16 Å². The molecule has 1 amide bonds. The number of hydrogen-bond donors (Lipinski definition) is 1. The van der Waals surface area contributed by atoms with Crippen LogP contribution in [0.3, 0.4) is 0 Å². The molecule has 0 spiro atoms. The molecule has 110 valence electrons. The number of nitrogens with one attached hydrogen (secondary N) is 1. The Morgan fingerprint density at radius 3 is 2.90 bits per heavy atom. The minimum absolute atomic E-state index is 0.172. The zero-order valence-electron chi connectivity index (χ0n) is 11.5. The molecule has 0 aliphatic heterocycles. The van der Waals surface area contributed by atoms with Crippen LogP contribution in [0.25, 0.3) is 0 Å². The first-order valence-corrected chi connectivity index (χ1v) is 7.70. The second kappa shape index (κ2) is 5.85. The fourth-order valence-corrected chi connectivity index (χ4v) is 2.75. The lowest BCUT2D eigenvalue weighted by molar-refractivity contribution is -0.113. The number of rotatable bonds is 5. The standard InChI is InChI=1S/C14H15FN4OS/c1-19-13(9-6-7-9)17-18-14(19)21-8-12(20)16-11-5-3-2-4-10(11)15/h2-5,9H,6-8H2,1H3,(H,16,20). The molecule has 1 aromatic carbocycles. The van der Waals surface area contributed by atoms with Crippen LogP contribution in [0.4, 0.5) is 10.1 Å². The molecule has 1 N–H and O–H groups in total. The molecule has 0 saturated heterocycles. The van der Waals surface area contributed by atoms with E-state index in [1.54, 1.807) is 12.1 Å². The van der Waals surface area contributed by atoms with Gasteiger partial charge in [0.25, 0.3) is 0 Å². The van der Waals surface area contributed by atoms with Crippen LogP contribution in [0.5, 0.6) is 0 Å². The third kappa shape index (κ3) is 3.24. The van der Waals surface area contributed by atoms with E-state index < -0.39 is 5.82 Å². The molecule has 3 rings (SSSR count). The number of hydrogen-bond acceptors (Lipinski definition) is 4. The molecule has 1 aromatic heterocycles. The fraction of sp³-hybridized carbons (Fsp3) is 0.357. The molecule has 0 atom stereocenters. The molecular weight excluding hydrogens is 291 g/mol. The number of anilines is 1. The highest BCUT2D eigenvalue weighted by molar-refractivity contribution is 7.99. The SMILES string of the molecule is Cn1c(SCC(=O)Nc2ccccc2F)nnc1C1CC1. The molecule has 1 fully saturated rings. The van der Waals surface area contributed by atoms with Crippen LogP contribution in [-0.2, 0) is 11.8 Å². The number of halogens is 1. The third-order valence-corrected chi connectivity index (χ3v) is 4.31. The van der Waals surface area contributed by atoms with E-state index in [2.05, 4.69) is 15.5 Å². The molecule has 0 bridgehead atoms. The molecule has 1 aliphatic carbocycles. The first kappa shape index (κ1) is 14.1. The van der Waals surface area contributed by atoms with Gasteiger partial charge < -0.3 is 9.88 Å². The van der Waals surface area contributed by atoms with E-state index in [0.717, 1.165) is 18.7 Å². The fourth-order valence-electron chi connectivity index (χ4n) is 2.03. The van der Waals surface area contributed by atoms with Crippen LogP contribution in [0.1, 0.15) is 24.6 Å². The molecule has 1 aliphatic rings. The van der Waals surface area contributed by atoms with Crippen LogP contribution in [0.15, 0.2) is 29.4 Å². The summed E-state index contributed by atoms with van der Waals surface area (Å²) < 4.78 is 15.4. The van der Waals surface area contributed by atoms with Gasteiger partial charge in [-0.05, 0) is 25.0 Å². The van der Waals surface area contributed by atoms with Crippen molar-refractivity contribution in [3.05, 3.63) is 35.9 Å². The minimum atomic E-state index is -0.439. The van der Waals surface area contributed by atoms with Gasteiger partial charge in [0.1, 0.15) is 11.6 Å². The molecule has 1 saturated carbocycles. The Hall–Kier alpha value is -1.89. The van der Waals surface area contributed by atoms with E-state index in [4.69, 9.17) is 0 Å². The van der Waals surface area contributed by atoms with E-state index in [-0.39, 0.29) is 17.3 Å². The zero-order chi connectivity index (χ0) is 14.8. The van der Waals surface area contributed by atoms with Crippen LogP contribution < -0.4 is 5.32 Å². The summed E-state index contributed by atoms with van der Waals surface area (Å²) in [6.45, 7) is 0. The van der Waals surface area contributed by atoms with Crippen LogP contribution >= 0.6 is 11.8 Å². The van der Waals surface area contributed by atoms with Gasteiger partial charge in [-0.25, -0.2) is 4.39 Å². The summed E-state index contributed by atoms with van der Waals surface area (Å²) in [5.41, 5.74) is 0.194. The number of nitrogens with zero attached hydrogens (tertiary/aromatic N) is 3. The lowest BCUT2D eigenvalue weighted by Gasteiger charge is -2.06. The number of amides is 1. The number of benzene rings is 1. The Morgan fingerprint density at radius 1 is 1.43 bits per heavy atom. The van der Waals surface area contributed by atoms with Gasteiger partial charge in [-0.3, -0.25) is 4.79 Å². The highest BCUT2D eigenvalue weighted by Gasteiger charge is 2.29. The van der Waals surface area contributed by atoms with Gasteiger partial charge in [0.2, 0.25) is 5.91 Å². The quantitative estimate of drug-likeness (QED) is 0.863. The molecule has 0 unspecified atom stereocenters. The Morgan fingerprint density at radius 2 is 2.19 bits per heavy atom. The summed E-state index contributed by atoms with van der Waals surface area (Å²) in [6, 6.07) is 6.11. The molecule has 5 nitrogen and oxygen atoms in total. The van der Waals surface area contributed by atoms with Crippen molar-refractivity contribution in [3.8, 4) is 0 Å². The number of carbonyl (C=O) groups is 1. The zero-order valence-corrected chi connectivity index (χ0v) is 12.4. The van der Waals surface area contributed by atoms with Crippen molar-refractivity contribution in [2.45, 2.75) is 23.9 Å². The molecule has 2 aromatic rings. The number of carbonyl (C=O) groups excluding carboxylic acids is 1. The first-order valence-electron chi connectivity index (χ1n) is 6.71. The second-order valence-corrected chi connectivity index (χ2v) is 5.93. The van der Waals surface area contributed by atoms with Crippen molar-refractivity contribution in [3.63, 3.8) is 0 Å². The molecule has 0 radical (unpaired) electrons. The summed E-state index contributed by atoms with van der Waals surface area (Å²) in [5.74, 6) is 0.966. The lowest BCUT2D eigenvalue weighted by Crippen LogP contribution is -2.15. The Labute approximate surface area is 125 Å². The van der Waals surface area contributed by atoms with E-state index in [0.29, 0.717) is 11.1 Å². The Bertz CT molecular complexity index is 669. The first-order chi connectivity index (χ1) is 10.1. The third-order valence-electron chi connectivity index (χ3n) is 3.29. The molecule has 1 heterocycles. The summed E-state index contributed by atoms with van der Waals surface area (Å²) in [5, 5.41) is 11.5. The van der Waals surface area contributed by atoms with E-state index in [1.165, 1.54) is 23.9 Å².